The lowest BCUT2D eigenvalue weighted by Gasteiger charge is -2.16. The summed E-state index contributed by atoms with van der Waals surface area (Å²) in [6.45, 7) is 1.52. The van der Waals surface area contributed by atoms with Gasteiger partial charge in [0.15, 0.2) is 0 Å². The van der Waals surface area contributed by atoms with Gasteiger partial charge in [0, 0.05) is 12.5 Å². The number of hydrogen-bond donors (Lipinski definition) is 1. The molecule has 1 fully saturated rings. The highest BCUT2D eigenvalue weighted by atomic mass is 19.1. The first-order valence-electron chi connectivity index (χ1n) is 5.40. The first kappa shape index (κ1) is 11.4. The molecular weight excluding hydrogens is 211 g/mol. The molecule has 0 spiro atoms. The van der Waals surface area contributed by atoms with Crippen molar-refractivity contribution in [2.45, 2.75) is 12.5 Å². The Bertz CT molecular complexity index is 320. The highest BCUT2D eigenvalue weighted by Gasteiger charge is 2.24. The van der Waals surface area contributed by atoms with Crippen LogP contribution in [0.1, 0.15) is 6.42 Å². The topological polar surface area (TPSA) is 38.7 Å². The minimum atomic E-state index is -0.521. The summed E-state index contributed by atoms with van der Waals surface area (Å²) in [6.07, 6.45) is 0.348. The van der Waals surface area contributed by atoms with Crippen LogP contribution in [-0.4, -0.2) is 31.0 Å². The van der Waals surface area contributed by atoms with Gasteiger partial charge in [0.25, 0.3) is 0 Å². The molecule has 1 heterocycles. The molecular formula is C12H15FO3. The molecule has 2 unspecified atom stereocenters. The summed E-state index contributed by atoms with van der Waals surface area (Å²) in [4.78, 5) is 0. The maximum atomic E-state index is 12.6. The van der Waals surface area contributed by atoms with Gasteiger partial charge in [-0.25, -0.2) is 4.39 Å². The van der Waals surface area contributed by atoms with E-state index in [1.165, 1.54) is 12.1 Å². The zero-order valence-corrected chi connectivity index (χ0v) is 8.93. The zero-order valence-electron chi connectivity index (χ0n) is 8.93. The van der Waals surface area contributed by atoms with Crippen LogP contribution in [0.3, 0.4) is 0 Å². The van der Waals surface area contributed by atoms with E-state index < -0.39 is 6.10 Å². The van der Waals surface area contributed by atoms with E-state index in [0.717, 1.165) is 6.42 Å². The van der Waals surface area contributed by atoms with Crippen LogP contribution in [0, 0.1) is 11.7 Å². The second kappa shape index (κ2) is 5.27. The van der Waals surface area contributed by atoms with Gasteiger partial charge in [0.2, 0.25) is 0 Å². The molecule has 88 valence electrons. The van der Waals surface area contributed by atoms with Crippen molar-refractivity contribution < 1.29 is 19.0 Å². The number of rotatable bonds is 4. The molecule has 2 rings (SSSR count). The third-order valence-corrected chi connectivity index (χ3v) is 2.74. The third kappa shape index (κ3) is 2.93. The van der Waals surface area contributed by atoms with Gasteiger partial charge in [0.1, 0.15) is 18.2 Å². The van der Waals surface area contributed by atoms with E-state index in [9.17, 15) is 9.50 Å². The monoisotopic (exact) mass is 226 g/mol. The summed E-state index contributed by atoms with van der Waals surface area (Å²) in [6, 6.07) is 5.77. The van der Waals surface area contributed by atoms with Crippen LogP contribution < -0.4 is 4.74 Å². The number of aliphatic hydroxyl groups excluding tert-OH is 1. The standard InChI is InChI=1S/C12H15FO3/c13-10-1-3-11(4-2-10)16-8-12(14)9-5-6-15-7-9/h1-4,9,12,14H,5-8H2. The first-order chi connectivity index (χ1) is 7.75. The van der Waals surface area contributed by atoms with Crippen LogP contribution in [-0.2, 0) is 4.74 Å². The highest BCUT2D eigenvalue weighted by molar-refractivity contribution is 5.22. The van der Waals surface area contributed by atoms with E-state index in [-0.39, 0.29) is 18.3 Å². The largest absolute Gasteiger partial charge is 0.491 e. The lowest BCUT2D eigenvalue weighted by molar-refractivity contribution is 0.0499. The molecule has 2 atom stereocenters. The third-order valence-electron chi connectivity index (χ3n) is 2.74. The van der Waals surface area contributed by atoms with Gasteiger partial charge in [-0.3, -0.25) is 0 Å². The fraction of sp³-hybridized carbons (Fsp3) is 0.500. The fourth-order valence-electron chi connectivity index (χ4n) is 1.70. The van der Waals surface area contributed by atoms with E-state index in [2.05, 4.69) is 0 Å². The van der Waals surface area contributed by atoms with Crippen molar-refractivity contribution in [1.29, 1.82) is 0 Å². The van der Waals surface area contributed by atoms with Crippen molar-refractivity contribution in [2.24, 2.45) is 5.92 Å². The van der Waals surface area contributed by atoms with Crippen molar-refractivity contribution in [3.8, 4) is 5.75 Å². The van der Waals surface area contributed by atoms with Gasteiger partial charge >= 0.3 is 0 Å². The SMILES string of the molecule is OC(COc1ccc(F)cc1)C1CCOC1. The average molecular weight is 226 g/mol. The van der Waals surface area contributed by atoms with E-state index in [0.29, 0.717) is 19.0 Å². The normalized spacial score (nSPS) is 22.0. The molecule has 4 heteroatoms. The summed E-state index contributed by atoms with van der Waals surface area (Å²) in [5.74, 6) is 0.428. The van der Waals surface area contributed by atoms with Gasteiger partial charge in [0.05, 0.1) is 12.7 Å². The molecule has 1 N–H and O–H groups in total. The number of aliphatic hydroxyl groups is 1. The van der Waals surface area contributed by atoms with Crippen LogP contribution in [0.2, 0.25) is 0 Å². The predicted octanol–water partition coefficient (Wildman–Crippen LogP) is 1.60. The zero-order chi connectivity index (χ0) is 11.4. The summed E-state index contributed by atoms with van der Waals surface area (Å²) < 4.78 is 23.2. The Kier molecular flexibility index (Phi) is 3.74. The Morgan fingerprint density at radius 1 is 1.44 bits per heavy atom. The Hall–Kier alpha value is -1.13. The second-order valence-corrected chi connectivity index (χ2v) is 3.96. The Morgan fingerprint density at radius 3 is 2.81 bits per heavy atom. The number of hydrogen-bond acceptors (Lipinski definition) is 3. The quantitative estimate of drug-likeness (QED) is 0.847. The molecule has 1 aliphatic heterocycles. The van der Waals surface area contributed by atoms with Gasteiger partial charge in [-0.2, -0.15) is 0 Å². The van der Waals surface area contributed by atoms with Crippen LogP contribution in [0.25, 0.3) is 0 Å². The summed E-state index contributed by atoms with van der Waals surface area (Å²) >= 11 is 0. The van der Waals surface area contributed by atoms with Gasteiger partial charge in [-0.15, -0.1) is 0 Å². The van der Waals surface area contributed by atoms with E-state index >= 15 is 0 Å². The predicted molar refractivity (Wildman–Crippen MR) is 56.8 cm³/mol. The van der Waals surface area contributed by atoms with Gasteiger partial charge in [-0.1, -0.05) is 0 Å². The van der Waals surface area contributed by atoms with Crippen molar-refractivity contribution in [2.75, 3.05) is 19.8 Å². The molecule has 16 heavy (non-hydrogen) atoms. The highest BCUT2D eigenvalue weighted by Crippen LogP contribution is 2.18. The number of ether oxygens (including phenoxy) is 2. The van der Waals surface area contributed by atoms with Crippen LogP contribution >= 0.6 is 0 Å². The molecule has 1 aromatic rings. The molecule has 3 nitrogen and oxygen atoms in total. The minimum Gasteiger partial charge on any atom is -0.491 e. The van der Waals surface area contributed by atoms with Gasteiger partial charge < -0.3 is 14.6 Å². The Morgan fingerprint density at radius 2 is 2.19 bits per heavy atom. The van der Waals surface area contributed by atoms with Crippen LogP contribution in [0.15, 0.2) is 24.3 Å². The van der Waals surface area contributed by atoms with E-state index in [4.69, 9.17) is 9.47 Å². The first-order valence-corrected chi connectivity index (χ1v) is 5.40. The summed E-state index contributed by atoms with van der Waals surface area (Å²) in [5.41, 5.74) is 0. The van der Waals surface area contributed by atoms with Crippen molar-refractivity contribution >= 4 is 0 Å². The van der Waals surface area contributed by atoms with Crippen LogP contribution in [0.5, 0.6) is 5.75 Å². The second-order valence-electron chi connectivity index (χ2n) is 3.96. The number of halogens is 1. The molecule has 0 aromatic heterocycles. The minimum absolute atomic E-state index is 0.153. The molecule has 0 radical (unpaired) electrons. The smallest absolute Gasteiger partial charge is 0.123 e. The molecule has 1 aromatic carbocycles. The summed E-state index contributed by atoms with van der Waals surface area (Å²) in [5, 5.41) is 9.79. The molecule has 1 saturated heterocycles. The molecule has 0 amide bonds. The molecule has 1 aliphatic rings. The van der Waals surface area contributed by atoms with Gasteiger partial charge in [-0.05, 0) is 30.7 Å². The van der Waals surface area contributed by atoms with E-state index in [1.54, 1.807) is 12.1 Å². The Balaban J connectivity index is 1.80. The van der Waals surface area contributed by atoms with E-state index in [1.807, 2.05) is 0 Å². The lowest BCUT2D eigenvalue weighted by atomic mass is 10.0. The Labute approximate surface area is 93.8 Å². The van der Waals surface area contributed by atoms with Crippen molar-refractivity contribution in [3.63, 3.8) is 0 Å². The summed E-state index contributed by atoms with van der Waals surface area (Å²) in [7, 11) is 0. The van der Waals surface area contributed by atoms with Crippen molar-refractivity contribution in [3.05, 3.63) is 30.1 Å². The maximum Gasteiger partial charge on any atom is 0.123 e. The molecule has 0 saturated carbocycles. The van der Waals surface area contributed by atoms with Crippen LogP contribution in [0.4, 0.5) is 4.39 Å². The fourth-order valence-corrected chi connectivity index (χ4v) is 1.70. The maximum absolute atomic E-state index is 12.6. The number of benzene rings is 1. The lowest BCUT2D eigenvalue weighted by Crippen LogP contribution is -2.27. The molecule has 0 aliphatic carbocycles. The molecule has 0 bridgehead atoms. The van der Waals surface area contributed by atoms with Crippen molar-refractivity contribution in [1.82, 2.24) is 0 Å². The average Bonchev–Trinajstić information content (AvgIpc) is 2.81.